The smallest absolute Gasteiger partial charge is 0.376 e. The Morgan fingerprint density at radius 1 is 1.21 bits per heavy atom. The monoisotopic (exact) mass is 414 g/mol. The number of benzene rings is 1. The molecule has 1 unspecified atom stereocenters. The molecule has 1 aliphatic rings. The zero-order valence-corrected chi connectivity index (χ0v) is 17.1. The average Bonchev–Trinajstić information content (AvgIpc) is 2.68. The van der Waals surface area contributed by atoms with Crippen LogP contribution in [0.15, 0.2) is 29.3 Å². The molecule has 1 aliphatic heterocycles. The maximum Gasteiger partial charge on any atom is 0.416 e. The first kappa shape index (κ1) is 23.0. The predicted octanol–water partition coefficient (Wildman–Crippen LogP) is 2.74. The number of alkyl halides is 3. The van der Waals surface area contributed by atoms with E-state index in [1.807, 2.05) is 0 Å². The fourth-order valence-corrected chi connectivity index (χ4v) is 2.92. The summed E-state index contributed by atoms with van der Waals surface area (Å²) in [4.78, 5) is 19.5. The number of hydrogen-bond acceptors (Lipinski definition) is 3. The van der Waals surface area contributed by atoms with Gasteiger partial charge in [-0.2, -0.15) is 13.2 Å². The maximum atomic E-state index is 12.7. The van der Waals surface area contributed by atoms with Crippen LogP contribution in [0.25, 0.3) is 0 Å². The number of amides is 1. The molecule has 9 heteroatoms. The molecule has 6 nitrogen and oxygen atoms in total. The number of carbonyl (C=O) groups is 1. The molecule has 0 radical (unpaired) electrons. The van der Waals surface area contributed by atoms with Gasteiger partial charge in [0.15, 0.2) is 5.96 Å². The van der Waals surface area contributed by atoms with E-state index >= 15 is 0 Å². The van der Waals surface area contributed by atoms with Crippen LogP contribution in [0.4, 0.5) is 13.2 Å². The molecule has 29 heavy (non-hydrogen) atoms. The van der Waals surface area contributed by atoms with Gasteiger partial charge in [-0.25, -0.2) is 4.99 Å². The van der Waals surface area contributed by atoms with Crippen LogP contribution in [-0.4, -0.2) is 68.6 Å². The Kier molecular flexibility index (Phi) is 8.31. The van der Waals surface area contributed by atoms with E-state index in [2.05, 4.69) is 10.3 Å². The van der Waals surface area contributed by atoms with Crippen molar-refractivity contribution in [1.82, 2.24) is 15.1 Å². The second-order valence-corrected chi connectivity index (χ2v) is 7.35. The van der Waals surface area contributed by atoms with Crippen LogP contribution in [-0.2, 0) is 22.3 Å². The lowest BCUT2D eigenvalue weighted by molar-refractivity contribution is -0.137. The topological polar surface area (TPSA) is 57.2 Å². The molecule has 1 amide bonds. The lowest BCUT2D eigenvalue weighted by atomic mass is 10.1. The van der Waals surface area contributed by atoms with Crippen molar-refractivity contribution in [3.8, 4) is 0 Å². The highest BCUT2D eigenvalue weighted by molar-refractivity contribution is 5.84. The first-order valence-electron chi connectivity index (χ1n) is 9.64. The van der Waals surface area contributed by atoms with E-state index < -0.39 is 11.7 Å². The SMILES string of the molecule is CN(C)C(=O)CN=C(NCC1CCCCO1)N(C)Cc1ccc(C(F)(F)F)cc1. The van der Waals surface area contributed by atoms with Crippen molar-refractivity contribution in [2.24, 2.45) is 4.99 Å². The number of ether oxygens (including phenoxy) is 1. The maximum absolute atomic E-state index is 12.7. The van der Waals surface area contributed by atoms with Gasteiger partial charge >= 0.3 is 6.18 Å². The van der Waals surface area contributed by atoms with Crippen LogP contribution in [0.2, 0.25) is 0 Å². The Labute approximate surface area is 169 Å². The summed E-state index contributed by atoms with van der Waals surface area (Å²) in [6, 6.07) is 5.04. The summed E-state index contributed by atoms with van der Waals surface area (Å²) in [6.45, 7) is 1.63. The number of halogens is 3. The van der Waals surface area contributed by atoms with Crippen LogP contribution in [0.5, 0.6) is 0 Å². The molecule has 1 aromatic rings. The summed E-state index contributed by atoms with van der Waals surface area (Å²) in [5.74, 6) is 0.371. The zero-order chi connectivity index (χ0) is 21.4. The first-order valence-corrected chi connectivity index (χ1v) is 9.64. The van der Waals surface area contributed by atoms with Crippen molar-refractivity contribution in [2.75, 3.05) is 40.8 Å². The number of nitrogens with zero attached hydrogens (tertiary/aromatic N) is 3. The number of hydrogen-bond donors (Lipinski definition) is 1. The van der Waals surface area contributed by atoms with E-state index in [0.29, 0.717) is 24.6 Å². The summed E-state index contributed by atoms with van der Waals surface area (Å²) in [5, 5.41) is 3.24. The van der Waals surface area contributed by atoms with E-state index in [-0.39, 0.29) is 18.6 Å². The van der Waals surface area contributed by atoms with E-state index in [0.717, 1.165) is 38.0 Å². The third-order valence-corrected chi connectivity index (χ3v) is 4.69. The largest absolute Gasteiger partial charge is 0.416 e. The Balaban J connectivity index is 2.04. The van der Waals surface area contributed by atoms with Gasteiger partial charge in [-0.15, -0.1) is 0 Å². The molecule has 162 valence electrons. The molecule has 1 aromatic carbocycles. The second-order valence-electron chi connectivity index (χ2n) is 7.35. The van der Waals surface area contributed by atoms with Crippen molar-refractivity contribution in [3.05, 3.63) is 35.4 Å². The molecular weight excluding hydrogens is 385 g/mol. The van der Waals surface area contributed by atoms with E-state index in [1.165, 1.54) is 17.0 Å². The summed E-state index contributed by atoms with van der Waals surface area (Å²) in [7, 11) is 5.10. The number of likely N-dealkylation sites (N-methyl/N-ethyl adjacent to an activating group) is 1. The molecule has 0 spiro atoms. The van der Waals surface area contributed by atoms with Crippen molar-refractivity contribution < 1.29 is 22.7 Å². The minimum absolute atomic E-state index is 0.0157. The lowest BCUT2D eigenvalue weighted by Crippen LogP contribution is -2.43. The van der Waals surface area contributed by atoms with E-state index in [1.54, 1.807) is 26.0 Å². The Morgan fingerprint density at radius 3 is 2.45 bits per heavy atom. The number of guanidine groups is 1. The summed E-state index contributed by atoms with van der Waals surface area (Å²) in [5.41, 5.74) is 0.0322. The van der Waals surface area contributed by atoms with Gasteiger partial charge in [-0.1, -0.05) is 12.1 Å². The molecule has 1 fully saturated rings. The molecule has 1 atom stereocenters. The molecule has 1 saturated heterocycles. The summed E-state index contributed by atoms with van der Waals surface area (Å²) >= 11 is 0. The average molecular weight is 414 g/mol. The third-order valence-electron chi connectivity index (χ3n) is 4.69. The quantitative estimate of drug-likeness (QED) is 0.575. The molecule has 1 heterocycles. The van der Waals surface area contributed by atoms with Gasteiger partial charge in [-0.05, 0) is 37.0 Å². The van der Waals surface area contributed by atoms with E-state index in [9.17, 15) is 18.0 Å². The Hall–Kier alpha value is -2.29. The molecule has 1 N–H and O–H groups in total. The fourth-order valence-electron chi connectivity index (χ4n) is 2.92. The van der Waals surface area contributed by atoms with Crippen molar-refractivity contribution in [3.63, 3.8) is 0 Å². The Bertz CT molecular complexity index is 684. The van der Waals surface area contributed by atoms with Gasteiger partial charge in [0.05, 0.1) is 11.7 Å². The molecule has 0 aliphatic carbocycles. The van der Waals surface area contributed by atoms with E-state index in [4.69, 9.17) is 4.74 Å². The predicted molar refractivity (Wildman–Crippen MR) is 106 cm³/mol. The highest BCUT2D eigenvalue weighted by Crippen LogP contribution is 2.29. The summed E-state index contributed by atoms with van der Waals surface area (Å²) < 4.78 is 43.9. The van der Waals surface area contributed by atoms with Crippen LogP contribution >= 0.6 is 0 Å². The van der Waals surface area contributed by atoms with Crippen LogP contribution < -0.4 is 5.32 Å². The third kappa shape index (κ3) is 7.56. The zero-order valence-electron chi connectivity index (χ0n) is 17.1. The first-order chi connectivity index (χ1) is 13.7. The molecule has 0 bridgehead atoms. The minimum Gasteiger partial charge on any atom is -0.376 e. The molecule has 0 saturated carbocycles. The molecule has 2 rings (SSSR count). The van der Waals surface area contributed by atoms with Crippen molar-refractivity contribution in [1.29, 1.82) is 0 Å². The van der Waals surface area contributed by atoms with Crippen LogP contribution in [0.1, 0.15) is 30.4 Å². The van der Waals surface area contributed by atoms with Gasteiger partial charge in [0.2, 0.25) is 5.91 Å². The Morgan fingerprint density at radius 2 is 1.90 bits per heavy atom. The number of carbonyl (C=O) groups excluding carboxylic acids is 1. The van der Waals surface area contributed by atoms with Crippen LogP contribution in [0.3, 0.4) is 0 Å². The van der Waals surface area contributed by atoms with Gasteiger partial charge < -0.3 is 19.9 Å². The van der Waals surface area contributed by atoms with Gasteiger partial charge in [-0.3, -0.25) is 4.79 Å². The highest BCUT2D eigenvalue weighted by Gasteiger charge is 2.30. The highest BCUT2D eigenvalue weighted by atomic mass is 19.4. The normalized spacial score (nSPS) is 17.7. The molecular formula is C20H29F3N4O2. The minimum atomic E-state index is -4.36. The standard InChI is InChI=1S/C20H29F3N4O2/c1-26(2)18(28)13-25-19(24-12-17-6-4-5-11-29-17)27(3)14-15-7-9-16(10-8-15)20(21,22)23/h7-10,17H,4-6,11-14H2,1-3H3,(H,24,25). The second kappa shape index (κ2) is 10.5. The van der Waals surface area contributed by atoms with Gasteiger partial charge in [0.25, 0.3) is 0 Å². The fraction of sp³-hybridized carbons (Fsp3) is 0.600. The summed E-state index contributed by atoms with van der Waals surface area (Å²) in [6.07, 6.45) is -1.15. The number of nitrogens with one attached hydrogen (secondary N) is 1. The molecule has 0 aromatic heterocycles. The van der Waals surface area contributed by atoms with Gasteiger partial charge in [0, 0.05) is 40.8 Å². The number of aliphatic imine (C=N–C) groups is 1. The van der Waals surface area contributed by atoms with Crippen LogP contribution in [0, 0.1) is 0 Å². The number of rotatable bonds is 6. The lowest BCUT2D eigenvalue weighted by Gasteiger charge is -2.27. The van der Waals surface area contributed by atoms with Gasteiger partial charge in [0.1, 0.15) is 6.54 Å². The van der Waals surface area contributed by atoms with Crippen molar-refractivity contribution in [2.45, 2.75) is 38.1 Å². The van der Waals surface area contributed by atoms with Crippen molar-refractivity contribution >= 4 is 11.9 Å².